The van der Waals surface area contributed by atoms with Crippen molar-refractivity contribution in [2.75, 3.05) is 11.9 Å². The summed E-state index contributed by atoms with van der Waals surface area (Å²) in [6.45, 7) is 4.64. The van der Waals surface area contributed by atoms with Crippen LogP contribution in [0.15, 0.2) is 48.0 Å². The molecular formula is C19H19N3O2S2. The first-order valence-corrected chi connectivity index (χ1v) is 9.92. The number of carbonyl (C=O) groups is 2. The maximum absolute atomic E-state index is 12.6. The number of aromatic nitrogens is 1. The van der Waals surface area contributed by atoms with E-state index in [1.807, 2.05) is 31.4 Å². The fraction of sp³-hybridized carbons (Fsp3) is 0.211. The van der Waals surface area contributed by atoms with Gasteiger partial charge in [-0.2, -0.15) is 0 Å². The molecule has 3 rings (SSSR count). The molecule has 0 saturated heterocycles. The third kappa shape index (κ3) is 4.36. The van der Waals surface area contributed by atoms with Crippen LogP contribution in [-0.2, 0) is 0 Å². The predicted octanol–water partition coefficient (Wildman–Crippen LogP) is 4.51. The smallest absolute Gasteiger partial charge is 0.267 e. The quantitative estimate of drug-likeness (QED) is 0.656. The average molecular weight is 386 g/mol. The summed E-state index contributed by atoms with van der Waals surface area (Å²) in [6, 6.07) is 10.9. The van der Waals surface area contributed by atoms with Crippen LogP contribution in [-0.4, -0.2) is 23.3 Å². The summed E-state index contributed by atoms with van der Waals surface area (Å²) >= 11 is 2.92. The Labute approximate surface area is 160 Å². The Morgan fingerprint density at radius 3 is 2.65 bits per heavy atom. The highest BCUT2D eigenvalue weighted by Gasteiger charge is 2.16. The number of carbonyl (C=O) groups excluding carboxylic acids is 2. The number of thiophene rings is 1. The van der Waals surface area contributed by atoms with Gasteiger partial charge in [-0.1, -0.05) is 32.0 Å². The zero-order valence-corrected chi connectivity index (χ0v) is 16.1. The van der Waals surface area contributed by atoms with Gasteiger partial charge in [0.15, 0.2) is 0 Å². The van der Waals surface area contributed by atoms with Crippen molar-refractivity contribution in [2.45, 2.75) is 13.8 Å². The molecule has 0 saturated carbocycles. The van der Waals surface area contributed by atoms with Crippen LogP contribution in [0.4, 0.5) is 5.69 Å². The van der Waals surface area contributed by atoms with Gasteiger partial charge in [0.25, 0.3) is 11.8 Å². The zero-order valence-electron chi connectivity index (χ0n) is 14.5. The molecule has 2 amide bonds. The fourth-order valence-corrected chi connectivity index (χ4v) is 3.87. The van der Waals surface area contributed by atoms with Crippen LogP contribution in [0.25, 0.3) is 9.88 Å². The molecule has 5 nitrogen and oxygen atoms in total. The van der Waals surface area contributed by atoms with Crippen LogP contribution >= 0.6 is 22.7 Å². The van der Waals surface area contributed by atoms with Gasteiger partial charge in [0, 0.05) is 6.54 Å². The van der Waals surface area contributed by atoms with Gasteiger partial charge < -0.3 is 10.6 Å². The standard InChI is InChI=1S/C19H19N3O2S2/c1-12(2)10-20-17(23)13-6-3-4-7-14(13)22-18(24)16-11-21-19(26-16)15-8-5-9-25-15/h3-9,11-12H,10H2,1-2H3,(H,20,23)(H,22,24). The molecule has 0 fully saturated rings. The maximum atomic E-state index is 12.6. The Morgan fingerprint density at radius 1 is 1.12 bits per heavy atom. The van der Waals surface area contributed by atoms with E-state index in [4.69, 9.17) is 0 Å². The van der Waals surface area contributed by atoms with Crippen molar-refractivity contribution >= 4 is 40.2 Å². The lowest BCUT2D eigenvalue weighted by Gasteiger charge is -2.12. The van der Waals surface area contributed by atoms with Crippen molar-refractivity contribution in [1.29, 1.82) is 0 Å². The number of para-hydroxylation sites is 1. The SMILES string of the molecule is CC(C)CNC(=O)c1ccccc1NC(=O)c1cnc(-c2cccs2)s1. The zero-order chi connectivity index (χ0) is 18.5. The van der Waals surface area contributed by atoms with Crippen molar-refractivity contribution in [2.24, 2.45) is 5.92 Å². The predicted molar refractivity (Wildman–Crippen MR) is 107 cm³/mol. The summed E-state index contributed by atoms with van der Waals surface area (Å²) in [5.74, 6) is -0.110. The van der Waals surface area contributed by atoms with Gasteiger partial charge in [-0.3, -0.25) is 9.59 Å². The maximum Gasteiger partial charge on any atom is 0.267 e. The van der Waals surface area contributed by atoms with Gasteiger partial charge in [0.05, 0.1) is 22.3 Å². The van der Waals surface area contributed by atoms with E-state index in [9.17, 15) is 9.59 Å². The summed E-state index contributed by atoms with van der Waals surface area (Å²) in [4.78, 5) is 30.8. The van der Waals surface area contributed by atoms with E-state index in [1.165, 1.54) is 11.3 Å². The highest BCUT2D eigenvalue weighted by Crippen LogP contribution is 2.29. The Hall–Kier alpha value is -2.51. The second kappa shape index (κ2) is 8.25. The fourth-order valence-electron chi connectivity index (χ4n) is 2.26. The molecule has 26 heavy (non-hydrogen) atoms. The molecule has 2 N–H and O–H groups in total. The summed E-state index contributed by atoms with van der Waals surface area (Å²) in [5, 5.41) is 8.49. The van der Waals surface area contributed by atoms with Crippen LogP contribution < -0.4 is 10.6 Å². The highest BCUT2D eigenvalue weighted by atomic mass is 32.1. The van der Waals surface area contributed by atoms with Crippen LogP contribution in [0.2, 0.25) is 0 Å². The molecule has 1 aromatic carbocycles. The van der Waals surface area contributed by atoms with Crippen LogP contribution in [0.5, 0.6) is 0 Å². The van der Waals surface area contributed by atoms with Gasteiger partial charge in [0.1, 0.15) is 9.88 Å². The monoisotopic (exact) mass is 385 g/mol. The third-order valence-electron chi connectivity index (χ3n) is 3.55. The van der Waals surface area contributed by atoms with Crippen LogP contribution in [0.1, 0.15) is 33.9 Å². The Balaban J connectivity index is 1.75. The van der Waals surface area contributed by atoms with Gasteiger partial charge >= 0.3 is 0 Å². The molecule has 0 radical (unpaired) electrons. The molecule has 0 atom stereocenters. The molecule has 2 heterocycles. The van der Waals surface area contributed by atoms with E-state index >= 15 is 0 Å². The minimum Gasteiger partial charge on any atom is -0.352 e. The van der Waals surface area contributed by atoms with Crippen molar-refractivity contribution in [3.63, 3.8) is 0 Å². The largest absolute Gasteiger partial charge is 0.352 e. The Kier molecular flexibility index (Phi) is 5.80. The summed E-state index contributed by atoms with van der Waals surface area (Å²) < 4.78 is 0. The molecule has 0 aliphatic heterocycles. The average Bonchev–Trinajstić information content (AvgIpc) is 3.31. The van der Waals surface area contributed by atoms with Crippen LogP contribution in [0.3, 0.4) is 0 Å². The molecule has 0 bridgehead atoms. The van der Waals surface area contributed by atoms with E-state index < -0.39 is 0 Å². The molecule has 7 heteroatoms. The van der Waals surface area contributed by atoms with Crippen molar-refractivity contribution in [1.82, 2.24) is 10.3 Å². The number of hydrogen-bond donors (Lipinski definition) is 2. The molecule has 0 unspecified atom stereocenters. The molecule has 3 aromatic rings. The van der Waals surface area contributed by atoms with Crippen molar-refractivity contribution in [3.05, 3.63) is 58.4 Å². The number of nitrogens with one attached hydrogen (secondary N) is 2. The van der Waals surface area contributed by atoms with Gasteiger partial charge in [0.2, 0.25) is 0 Å². The van der Waals surface area contributed by atoms with Crippen LogP contribution in [0, 0.1) is 5.92 Å². The topological polar surface area (TPSA) is 71.1 Å². The van der Waals surface area contributed by atoms with E-state index in [2.05, 4.69) is 15.6 Å². The number of hydrogen-bond acceptors (Lipinski definition) is 5. The summed E-state index contributed by atoms with van der Waals surface area (Å²) in [5.41, 5.74) is 0.939. The normalized spacial score (nSPS) is 10.7. The lowest BCUT2D eigenvalue weighted by atomic mass is 10.1. The first-order chi connectivity index (χ1) is 12.5. The number of rotatable bonds is 6. The first kappa shape index (κ1) is 18.3. The summed E-state index contributed by atoms with van der Waals surface area (Å²) in [7, 11) is 0. The van der Waals surface area contributed by atoms with E-state index in [1.54, 1.807) is 41.8 Å². The number of anilines is 1. The molecule has 0 spiro atoms. The molecule has 0 aliphatic rings. The first-order valence-electron chi connectivity index (χ1n) is 8.23. The second-order valence-corrected chi connectivity index (χ2v) is 8.09. The minimum atomic E-state index is -0.269. The second-order valence-electron chi connectivity index (χ2n) is 6.11. The van der Waals surface area contributed by atoms with E-state index in [-0.39, 0.29) is 11.8 Å². The lowest BCUT2D eigenvalue weighted by molar-refractivity contribution is 0.0950. The lowest BCUT2D eigenvalue weighted by Crippen LogP contribution is -2.28. The van der Waals surface area contributed by atoms with Gasteiger partial charge in [-0.25, -0.2) is 4.98 Å². The minimum absolute atomic E-state index is 0.196. The number of amides is 2. The molecule has 2 aromatic heterocycles. The number of thiazole rings is 1. The van der Waals surface area contributed by atoms with E-state index in [0.29, 0.717) is 28.6 Å². The molecule has 0 aliphatic carbocycles. The molecular weight excluding hydrogens is 366 g/mol. The summed E-state index contributed by atoms with van der Waals surface area (Å²) in [6.07, 6.45) is 1.57. The van der Waals surface area contributed by atoms with Gasteiger partial charge in [-0.05, 0) is 29.5 Å². The number of nitrogens with zero attached hydrogens (tertiary/aromatic N) is 1. The Morgan fingerprint density at radius 2 is 1.92 bits per heavy atom. The third-order valence-corrected chi connectivity index (χ3v) is 5.59. The highest BCUT2D eigenvalue weighted by molar-refractivity contribution is 7.22. The van der Waals surface area contributed by atoms with Crippen molar-refractivity contribution < 1.29 is 9.59 Å². The van der Waals surface area contributed by atoms with Gasteiger partial charge in [-0.15, -0.1) is 22.7 Å². The number of benzene rings is 1. The Bertz CT molecular complexity index is 901. The van der Waals surface area contributed by atoms with E-state index in [0.717, 1.165) is 9.88 Å². The molecule has 134 valence electrons. The van der Waals surface area contributed by atoms with Crippen molar-refractivity contribution in [3.8, 4) is 9.88 Å².